The maximum absolute atomic E-state index is 11.4. The highest BCUT2D eigenvalue weighted by molar-refractivity contribution is 5.93. The molecular weight excluding hydrogens is 402 g/mol. The van der Waals surface area contributed by atoms with Crippen molar-refractivity contribution in [1.82, 2.24) is 14.8 Å². The zero-order valence-electron chi connectivity index (χ0n) is 17.9. The van der Waals surface area contributed by atoms with Gasteiger partial charge in [0.15, 0.2) is 0 Å². The van der Waals surface area contributed by atoms with Gasteiger partial charge in [-0.3, -0.25) is 9.48 Å². The summed E-state index contributed by atoms with van der Waals surface area (Å²) in [6, 6.07) is 15.6. The lowest BCUT2D eigenvalue weighted by atomic mass is 10.0. The second kappa shape index (κ2) is 8.34. The number of benzene rings is 2. The molecule has 32 heavy (non-hydrogen) atoms. The van der Waals surface area contributed by atoms with E-state index in [1.54, 1.807) is 18.2 Å². The van der Waals surface area contributed by atoms with Crippen molar-refractivity contribution in [3.63, 3.8) is 0 Å². The van der Waals surface area contributed by atoms with Crippen LogP contribution in [0.1, 0.15) is 23.2 Å². The minimum Gasteiger partial charge on any atom is -0.490 e. The van der Waals surface area contributed by atoms with Crippen LogP contribution in [0, 0.1) is 0 Å². The Hall–Kier alpha value is -3.87. The highest BCUT2D eigenvalue weighted by Crippen LogP contribution is 2.28. The molecule has 0 saturated carbocycles. The molecule has 2 aromatic carbocycles. The Morgan fingerprint density at radius 1 is 1.03 bits per heavy atom. The Morgan fingerprint density at radius 3 is 2.62 bits per heavy atom. The van der Waals surface area contributed by atoms with Crippen LogP contribution in [0.25, 0.3) is 21.9 Å². The van der Waals surface area contributed by atoms with Crippen LogP contribution in [0.4, 0.5) is 5.82 Å². The van der Waals surface area contributed by atoms with Crippen molar-refractivity contribution in [2.24, 2.45) is 12.8 Å². The van der Waals surface area contributed by atoms with Gasteiger partial charge in [0.05, 0.1) is 6.20 Å². The van der Waals surface area contributed by atoms with Gasteiger partial charge in [0.25, 0.3) is 0 Å². The van der Waals surface area contributed by atoms with Crippen LogP contribution in [-0.2, 0) is 7.05 Å². The van der Waals surface area contributed by atoms with E-state index in [4.69, 9.17) is 15.5 Å². The summed E-state index contributed by atoms with van der Waals surface area (Å²) >= 11 is 0. The van der Waals surface area contributed by atoms with E-state index >= 15 is 0 Å². The largest absolute Gasteiger partial charge is 0.490 e. The number of piperidine rings is 1. The molecule has 0 spiro atoms. The third-order valence-corrected chi connectivity index (χ3v) is 5.93. The number of anilines is 1. The molecule has 0 radical (unpaired) electrons. The van der Waals surface area contributed by atoms with Crippen molar-refractivity contribution in [3.05, 3.63) is 72.7 Å². The van der Waals surface area contributed by atoms with Gasteiger partial charge in [-0.25, -0.2) is 4.98 Å². The number of nitrogens with zero attached hydrogens (tertiary/aromatic N) is 4. The van der Waals surface area contributed by atoms with Crippen LogP contribution >= 0.6 is 0 Å². The number of nitrogens with two attached hydrogens (primary N) is 1. The van der Waals surface area contributed by atoms with Crippen LogP contribution in [0.15, 0.2) is 67.1 Å². The number of fused-ring (bicyclic) bond motifs is 1. The van der Waals surface area contributed by atoms with Crippen LogP contribution in [-0.4, -0.2) is 39.9 Å². The topological polar surface area (TPSA) is 86.3 Å². The first kappa shape index (κ1) is 20.1. The summed E-state index contributed by atoms with van der Waals surface area (Å²) in [4.78, 5) is 18.4. The van der Waals surface area contributed by atoms with Crippen molar-refractivity contribution in [2.75, 3.05) is 18.0 Å². The van der Waals surface area contributed by atoms with E-state index in [9.17, 15) is 4.79 Å². The maximum Gasteiger partial charge on any atom is 0.248 e. The van der Waals surface area contributed by atoms with E-state index < -0.39 is 5.91 Å². The molecule has 0 unspecified atom stereocenters. The van der Waals surface area contributed by atoms with Gasteiger partial charge in [-0.05, 0) is 41.3 Å². The molecule has 0 bridgehead atoms. The number of carbonyl (C=O) groups is 1. The highest BCUT2D eigenvalue weighted by atomic mass is 16.5. The zero-order valence-corrected chi connectivity index (χ0v) is 17.9. The summed E-state index contributed by atoms with van der Waals surface area (Å²) in [6.07, 6.45) is 7.72. The van der Waals surface area contributed by atoms with E-state index in [0.717, 1.165) is 53.6 Å². The highest BCUT2D eigenvalue weighted by Gasteiger charge is 2.22. The summed E-state index contributed by atoms with van der Waals surface area (Å²) in [7, 11) is 1.92. The summed E-state index contributed by atoms with van der Waals surface area (Å²) in [6.45, 7) is 1.72. The molecule has 1 fully saturated rings. The lowest BCUT2D eigenvalue weighted by molar-refractivity contribution is 0.0999. The molecule has 5 rings (SSSR count). The second-order valence-corrected chi connectivity index (χ2v) is 8.20. The van der Waals surface area contributed by atoms with E-state index in [2.05, 4.69) is 34.3 Å². The van der Waals surface area contributed by atoms with Crippen molar-refractivity contribution >= 4 is 22.5 Å². The molecule has 0 atom stereocenters. The molecule has 162 valence electrons. The number of hydrogen-bond donors (Lipinski definition) is 1. The average Bonchev–Trinajstić information content (AvgIpc) is 3.25. The summed E-state index contributed by atoms with van der Waals surface area (Å²) in [5.41, 5.74) is 8.08. The average molecular weight is 428 g/mol. The van der Waals surface area contributed by atoms with Crippen LogP contribution in [0.5, 0.6) is 5.75 Å². The monoisotopic (exact) mass is 427 g/mol. The SMILES string of the molecule is Cn1cc(-c2ccc3cnc(N4CCC(Oc5cccc(C(N)=O)c5)CC4)cc3c2)cn1. The van der Waals surface area contributed by atoms with Crippen LogP contribution in [0.2, 0.25) is 0 Å². The standard InChI is InChI=1S/C25H25N5O2/c1-29-16-21(15-28-29)17-5-6-19-14-27-24(13-20(19)11-17)30-9-7-22(8-10-30)32-23-4-2-3-18(12-23)25(26)31/h2-6,11-16,22H,7-10H2,1H3,(H2,26,31). The van der Waals surface area contributed by atoms with Gasteiger partial charge in [0, 0.05) is 61.9 Å². The van der Waals surface area contributed by atoms with Crippen molar-refractivity contribution in [1.29, 1.82) is 0 Å². The number of hydrogen-bond acceptors (Lipinski definition) is 5. The molecule has 1 aliphatic rings. The predicted molar refractivity (Wildman–Crippen MR) is 125 cm³/mol. The molecule has 7 nitrogen and oxygen atoms in total. The zero-order chi connectivity index (χ0) is 22.1. The van der Waals surface area contributed by atoms with Gasteiger partial charge < -0.3 is 15.4 Å². The van der Waals surface area contributed by atoms with Crippen molar-refractivity contribution < 1.29 is 9.53 Å². The minimum atomic E-state index is -0.445. The third-order valence-electron chi connectivity index (χ3n) is 5.93. The van der Waals surface area contributed by atoms with E-state index in [1.807, 2.05) is 36.4 Å². The van der Waals surface area contributed by atoms with Crippen molar-refractivity contribution in [3.8, 4) is 16.9 Å². The Balaban J connectivity index is 1.28. The fourth-order valence-electron chi connectivity index (χ4n) is 4.17. The lowest BCUT2D eigenvalue weighted by Gasteiger charge is -2.33. The van der Waals surface area contributed by atoms with Gasteiger partial charge in [0.1, 0.15) is 17.7 Å². The maximum atomic E-state index is 11.4. The number of aromatic nitrogens is 3. The van der Waals surface area contributed by atoms with Crippen LogP contribution in [0.3, 0.4) is 0 Å². The first-order valence-electron chi connectivity index (χ1n) is 10.8. The summed E-state index contributed by atoms with van der Waals surface area (Å²) in [5, 5.41) is 6.56. The Morgan fingerprint density at radius 2 is 1.88 bits per heavy atom. The van der Waals surface area contributed by atoms with Gasteiger partial charge in [0.2, 0.25) is 5.91 Å². The lowest BCUT2D eigenvalue weighted by Crippen LogP contribution is -2.38. The first-order valence-corrected chi connectivity index (χ1v) is 10.8. The molecule has 3 heterocycles. The molecule has 2 N–H and O–H groups in total. The Labute approximate surface area is 186 Å². The van der Waals surface area contributed by atoms with Crippen LogP contribution < -0.4 is 15.4 Å². The number of primary amides is 1. The fourth-order valence-corrected chi connectivity index (χ4v) is 4.17. The molecular formula is C25H25N5O2. The molecule has 0 aliphatic carbocycles. The van der Waals surface area contributed by atoms with E-state index in [0.29, 0.717) is 11.3 Å². The molecule has 7 heteroatoms. The molecule has 1 amide bonds. The van der Waals surface area contributed by atoms with Crippen molar-refractivity contribution in [2.45, 2.75) is 18.9 Å². The number of aryl methyl sites for hydroxylation is 1. The van der Waals surface area contributed by atoms with Gasteiger partial charge in [-0.15, -0.1) is 0 Å². The van der Waals surface area contributed by atoms with Gasteiger partial charge in [-0.2, -0.15) is 5.10 Å². The Kier molecular flexibility index (Phi) is 5.23. The smallest absolute Gasteiger partial charge is 0.248 e. The molecule has 1 aliphatic heterocycles. The summed E-state index contributed by atoms with van der Waals surface area (Å²) in [5.74, 6) is 1.22. The second-order valence-electron chi connectivity index (χ2n) is 8.20. The number of amides is 1. The molecule has 2 aromatic heterocycles. The normalized spacial score (nSPS) is 14.6. The fraction of sp³-hybridized carbons (Fsp3) is 0.240. The number of carbonyl (C=O) groups excluding carboxylic acids is 1. The third kappa shape index (κ3) is 4.14. The summed E-state index contributed by atoms with van der Waals surface area (Å²) < 4.78 is 7.92. The molecule has 4 aromatic rings. The van der Waals surface area contributed by atoms with Gasteiger partial charge >= 0.3 is 0 Å². The Bertz CT molecular complexity index is 1270. The number of ether oxygens (including phenoxy) is 1. The minimum absolute atomic E-state index is 0.104. The predicted octanol–water partition coefficient (Wildman–Crippen LogP) is 3.78. The number of rotatable bonds is 5. The van der Waals surface area contributed by atoms with E-state index in [-0.39, 0.29) is 6.10 Å². The quantitative estimate of drug-likeness (QED) is 0.524. The first-order chi connectivity index (χ1) is 15.5. The molecule has 1 saturated heterocycles. The number of pyridine rings is 1. The van der Waals surface area contributed by atoms with Gasteiger partial charge in [-0.1, -0.05) is 18.2 Å². The van der Waals surface area contributed by atoms with E-state index in [1.165, 1.54) is 0 Å².